The third-order valence-corrected chi connectivity index (χ3v) is 2.68. The molecule has 0 saturated carbocycles. The molecule has 0 radical (unpaired) electrons. The average Bonchev–Trinajstić information content (AvgIpc) is 2.28. The average molecular weight is 303 g/mol. The molecule has 1 aromatic carbocycles. The maximum Gasteiger partial charge on any atom is 0.329 e. The molecule has 0 fully saturated rings. The molecule has 17 heavy (non-hydrogen) atoms. The Hall–Kier alpha value is -1.07. The van der Waals surface area contributed by atoms with Crippen LogP contribution >= 0.6 is 15.9 Å². The van der Waals surface area contributed by atoms with Crippen LogP contribution < -0.4 is 4.74 Å². The molecule has 0 amide bonds. The fourth-order valence-corrected chi connectivity index (χ4v) is 1.86. The molecule has 1 N–H and O–H groups in total. The van der Waals surface area contributed by atoms with Gasteiger partial charge in [-0.3, -0.25) is 0 Å². The molecule has 94 valence electrons. The van der Waals surface area contributed by atoms with Crippen LogP contribution in [-0.4, -0.2) is 30.9 Å². The first-order valence-electron chi connectivity index (χ1n) is 5.34. The Morgan fingerprint density at radius 3 is 2.82 bits per heavy atom. The Morgan fingerprint density at radius 1 is 1.47 bits per heavy atom. The summed E-state index contributed by atoms with van der Waals surface area (Å²) in [5.74, 6) is -0.138. The van der Waals surface area contributed by atoms with Crippen LogP contribution in [0.25, 0.3) is 0 Å². The van der Waals surface area contributed by atoms with Gasteiger partial charge in [0.05, 0.1) is 17.7 Å². The van der Waals surface area contributed by atoms with Gasteiger partial charge in [0.15, 0.2) is 0 Å². The number of hydrogen-bond acceptors (Lipinski definition) is 3. The molecule has 1 rings (SSSR count). The number of halogens is 1. The van der Waals surface area contributed by atoms with Crippen molar-refractivity contribution in [3.8, 4) is 5.75 Å². The number of carboxylic acids is 1. The fraction of sp³-hybridized carbons (Fsp3) is 0.417. The molecule has 0 atom stereocenters. The lowest BCUT2D eigenvalue weighted by molar-refractivity contribution is -0.142. The van der Waals surface area contributed by atoms with E-state index in [9.17, 15) is 4.79 Å². The first kappa shape index (κ1) is 14.0. The quantitative estimate of drug-likeness (QED) is 0.786. The van der Waals surface area contributed by atoms with Gasteiger partial charge < -0.3 is 14.6 Å². The molecule has 0 aromatic heterocycles. The molecule has 1 aromatic rings. The lowest BCUT2D eigenvalue weighted by Crippen LogP contribution is -2.09. The van der Waals surface area contributed by atoms with Crippen LogP contribution in [0.4, 0.5) is 0 Å². The first-order valence-corrected chi connectivity index (χ1v) is 6.13. The zero-order valence-corrected chi connectivity index (χ0v) is 11.2. The maximum atomic E-state index is 10.2. The second-order valence-electron chi connectivity index (χ2n) is 3.39. The van der Waals surface area contributed by atoms with Gasteiger partial charge in [0.25, 0.3) is 0 Å². The van der Waals surface area contributed by atoms with Gasteiger partial charge in [-0.05, 0) is 47.0 Å². The topological polar surface area (TPSA) is 55.8 Å². The molecule has 0 aliphatic carbocycles. The largest absolute Gasteiger partial charge is 0.493 e. The van der Waals surface area contributed by atoms with E-state index in [0.717, 1.165) is 15.8 Å². The van der Waals surface area contributed by atoms with Crippen molar-refractivity contribution in [3.05, 3.63) is 28.2 Å². The van der Waals surface area contributed by atoms with Crippen LogP contribution in [0.1, 0.15) is 12.5 Å². The van der Waals surface area contributed by atoms with Crippen LogP contribution in [-0.2, 0) is 16.0 Å². The summed E-state index contributed by atoms with van der Waals surface area (Å²) in [6, 6.07) is 5.79. The van der Waals surface area contributed by atoms with Crippen LogP contribution in [0, 0.1) is 0 Å². The van der Waals surface area contributed by atoms with Crippen LogP contribution in [0.2, 0.25) is 0 Å². The zero-order chi connectivity index (χ0) is 12.7. The van der Waals surface area contributed by atoms with Gasteiger partial charge in [-0.2, -0.15) is 0 Å². The minimum Gasteiger partial charge on any atom is -0.493 e. The lowest BCUT2D eigenvalue weighted by Gasteiger charge is -2.08. The molecular formula is C12H15BrO4. The van der Waals surface area contributed by atoms with E-state index in [4.69, 9.17) is 14.6 Å². The first-order chi connectivity index (χ1) is 8.13. The van der Waals surface area contributed by atoms with E-state index in [1.54, 1.807) is 0 Å². The standard InChI is InChI=1S/C12H15BrO4/c1-2-17-11-4-3-9(7-10(11)13)5-6-16-8-12(14)15/h3-4,7H,2,5-6,8H2,1H3,(H,14,15). The summed E-state index contributed by atoms with van der Waals surface area (Å²) in [7, 11) is 0. The lowest BCUT2D eigenvalue weighted by atomic mass is 10.1. The maximum absolute atomic E-state index is 10.2. The molecule has 4 nitrogen and oxygen atoms in total. The summed E-state index contributed by atoms with van der Waals surface area (Å²) in [6.07, 6.45) is 0.679. The Morgan fingerprint density at radius 2 is 2.24 bits per heavy atom. The van der Waals surface area contributed by atoms with Crippen molar-refractivity contribution in [2.45, 2.75) is 13.3 Å². The molecule has 0 aliphatic rings. The normalized spacial score (nSPS) is 10.2. The van der Waals surface area contributed by atoms with Crippen molar-refractivity contribution in [3.63, 3.8) is 0 Å². The Kier molecular flexibility index (Phi) is 6.00. The van der Waals surface area contributed by atoms with Crippen molar-refractivity contribution in [1.82, 2.24) is 0 Å². The SMILES string of the molecule is CCOc1ccc(CCOCC(=O)O)cc1Br. The molecular weight excluding hydrogens is 288 g/mol. The van der Waals surface area contributed by atoms with Crippen molar-refractivity contribution in [2.75, 3.05) is 19.8 Å². The van der Waals surface area contributed by atoms with E-state index in [1.165, 1.54) is 0 Å². The molecule has 5 heteroatoms. The van der Waals surface area contributed by atoms with Gasteiger partial charge in [-0.15, -0.1) is 0 Å². The minimum atomic E-state index is -0.946. The van der Waals surface area contributed by atoms with Gasteiger partial charge in [-0.1, -0.05) is 6.07 Å². The smallest absolute Gasteiger partial charge is 0.329 e. The number of carboxylic acid groups (broad SMARTS) is 1. The molecule has 0 aliphatic heterocycles. The third kappa shape index (κ3) is 5.19. The number of aliphatic carboxylic acids is 1. The Labute approximate surface area is 109 Å². The van der Waals surface area contributed by atoms with Gasteiger partial charge in [0.2, 0.25) is 0 Å². The summed E-state index contributed by atoms with van der Waals surface area (Å²) in [5, 5.41) is 8.40. The highest BCUT2D eigenvalue weighted by atomic mass is 79.9. The van der Waals surface area contributed by atoms with Crippen LogP contribution in [0.5, 0.6) is 5.75 Å². The van der Waals surface area contributed by atoms with E-state index in [-0.39, 0.29) is 6.61 Å². The van der Waals surface area contributed by atoms with Crippen LogP contribution in [0.15, 0.2) is 22.7 Å². The summed E-state index contributed by atoms with van der Waals surface area (Å²) >= 11 is 3.42. The van der Waals surface area contributed by atoms with E-state index in [0.29, 0.717) is 19.6 Å². The van der Waals surface area contributed by atoms with Gasteiger partial charge >= 0.3 is 5.97 Å². The highest BCUT2D eigenvalue weighted by Crippen LogP contribution is 2.26. The van der Waals surface area contributed by atoms with E-state index in [2.05, 4.69) is 15.9 Å². The molecule has 0 spiro atoms. The molecule has 0 bridgehead atoms. The summed E-state index contributed by atoms with van der Waals surface area (Å²) in [5.41, 5.74) is 1.07. The van der Waals surface area contributed by atoms with E-state index < -0.39 is 5.97 Å². The zero-order valence-electron chi connectivity index (χ0n) is 9.61. The molecule has 0 saturated heterocycles. The number of rotatable bonds is 7. The summed E-state index contributed by atoms with van der Waals surface area (Å²) in [6.45, 7) is 2.70. The minimum absolute atomic E-state index is 0.252. The third-order valence-electron chi connectivity index (χ3n) is 2.06. The van der Waals surface area contributed by atoms with Gasteiger partial charge in [0.1, 0.15) is 12.4 Å². The van der Waals surface area contributed by atoms with Crippen LogP contribution in [0.3, 0.4) is 0 Å². The highest BCUT2D eigenvalue weighted by Gasteiger charge is 2.03. The van der Waals surface area contributed by atoms with E-state index >= 15 is 0 Å². The second kappa shape index (κ2) is 7.29. The predicted molar refractivity (Wildman–Crippen MR) is 67.5 cm³/mol. The number of benzene rings is 1. The van der Waals surface area contributed by atoms with Gasteiger partial charge in [-0.25, -0.2) is 4.79 Å². The van der Waals surface area contributed by atoms with Crippen molar-refractivity contribution in [1.29, 1.82) is 0 Å². The second-order valence-corrected chi connectivity index (χ2v) is 4.25. The van der Waals surface area contributed by atoms with Gasteiger partial charge in [0, 0.05) is 0 Å². The number of carbonyl (C=O) groups is 1. The van der Waals surface area contributed by atoms with Crippen molar-refractivity contribution >= 4 is 21.9 Å². The van der Waals surface area contributed by atoms with Crippen molar-refractivity contribution < 1.29 is 19.4 Å². The fourth-order valence-electron chi connectivity index (χ4n) is 1.32. The predicted octanol–water partition coefficient (Wildman–Crippen LogP) is 2.49. The molecule has 0 unspecified atom stereocenters. The molecule has 0 heterocycles. The number of ether oxygens (including phenoxy) is 2. The Balaban J connectivity index is 2.44. The Bertz CT molecular complexity index is 379. The monoisotopic (exact) mass is 302 g/mol. The highest BCUT2D eigenvalue weighted by molar-refractivity contribution is 9.10. The number of hydrogen-bond donors (Lipinski definition) is 1. The van der Waals surface area contributed by atoms with E-state index in [1.807, 2.05) is 25.1 Å². The summed E-state index contributed by atoms with van der Waals surface area (Å²) < 4.78 is 11.3. The summed E-state index contributed by atoms with van der Waals surface area (Å²) in [4.78, 5) is 10.2. The van der Waals surface area contributed by atoms with Crippen molar-refractivity contribution in [2.24, 2.45) is 0 Å².